The van der Waals surface area contributed by atoms with Crippen LogP contribution in [0.5, 0.6) is 0 Å². The van der Waals surface area contributed by atoms with E-state index in [1.54, 1.807) is 0 Å². The van der Waals surface area contributed by atoms with Gasteiger partial charge in [0.1, 0.15) is 0 Å². The first-order valence-corrected chi connectivity index (χ1v) is 8.24. The topological polar surface area (TPSA) is 35.5 Å². The summed E-state index contributed by atoms with van der Waals surface area (Å²) in [6.07, 6.45) is -40.7. The number of hydrogen-bond acceptors (Lipinski definition) is 3. The van der Waals surface area contributed by atoms with Crippen LogP contribution >= 0.6 is 0 Å². The Morgan fingerprint density at radius 1 is 0.475 bits per heavy atom. The van der Waals surface area contributed by atoms with Crippen molar-refractivity contribution in [3.05, 3.63) is 0 Å². The van der Waals surface area contributed by atoms with E-state index in [0.717, 1.165) is 0 Å². The van der Waals surface area contributed by atoms with Gasteiger partial charge in [-0.25, -0.2) is 13.6 Å². The maximum absolute atomic E-state index is 14.3. The molecule has 0 aromatic rings. The van der Waals surface area contributed by atoms with E-state index in [1.807, 2.05) is 0 Å². The maximum Gasteiger partial charge on any atom is 0.462 e. The molecular formula is C13H2F24O3. The highest BCUT2D eigenvalue weighted by molar-refractivity contribution is 5.79. The fourth-order valence-corrected chi connectivity index (χ4v) is 1.99. The highest BCUT2D eigenvalue weighted by Gasteiger charge is 2.94. The first-order valence-electron chi connectivity index (χ1n) is 8.24. The van der Waals surface area contributed by atoms with Crippen molar-refractivity contribution in [2.24, 2.45) is 0 Å². The van der Waals surface area contributed by atoms with E-state index >= 15 is 0 Å². The Morgan fingerprint density at radius 3 is 1.10 bits per heavy atom. The molecule has 2 atom stereocenters. The molecule has 0 fully saturated rings. The van der Waals surface area contributed by atoms with E-state index in [1.165, 1.54) is 9.47 Å². The highest BCUT2D eigenvalue weighted by Crippen LogP contribution is 2.62. The lowest BCUT2D eigenvalue weighted by Crippen LogP contribution is -2.76. The quantitative estimate of drug-likeness (QED) is 0.182. The van der Waals surface area contributed by atoms with Gasteiger partial charge in [0.25, 0.3) is 0 Å². The Balaban J connectivity index is 7.25. The van der Waals surface area contributed by atoms with Gasteiger partial charge >= 0.3 is 71.9 Å². The number of rotatable bonds is 10. The fourth-order valence-electron chi connectivity index (χ4n) is 1.99. The average molecular weight is 662 g/mol. The molecule has 0 radical (unpaired) electrons. The first-order chi connectivity index (χ1) is 16.9. The van der Waals surface area contributed by atoms with Crippen LogP contribution in [0.25, 0.3) is 0 Å². The number of carbonyl (C=O) groups excluding carboxylic acids is 1. The van der Waals surface area contributed by atoms with E-state index in [2.05, 4.69) is 0 Å². The molecule has 0 rings (SSSR count). The summed E-state index contributed by atoms with van der Waals surface area (Å²) in [7, 11) is 0. The minimum absolute atomic E-state index is 1.22. The van der Waals surface area contributed by atoms with Crippen LogP contribution in [-0.2, 0) is 14.3 Å². The van der Waals surface area contributed by atoms with Crippen molar-refractivity contribution in [1.29, 1.82) is 0 Å². The Labute approximate surface area is 199 Å². The monoisotopic (exact) mass is 662 g/mol. The van der Waals surface area contributed by atoms with E-state index in [9.17, 15) is 110 Å². The second-order valence-corrected chi connectivity index (χ2v) is 6.83. The van der Waals surface area contributed by atoms with Crippen LogP contribution in [0.2, 0.25) is 0 Å². The van der Waals surface area contributed by atoms with Crippen LogP contribution in [0.15, 0.2) is 0 Å². The standard InChI is InChI=1S/C13H2F24O3/c14-1-3(15,16)5(18,6(19,20)7(21,22)10(28,29)30)12(34,35)39-2(38)4(17,9(25,26)27)40-13(36,37)8(23,24)11(31,32)33/h1H2. The van der Waals surface area contributed by atoms with Crippen molar-refractivity contribution in [3.8, 4) is 0 Å². The van der Waals surface area contributed by atoms with Crippen molar-refractivity contribution in [3.63, 3.8) is 0 Å². The van der Waals surface area contributed by atoms with Gasteiger partial charge in [-0.15, -0.1) is 0 Å². The Hall–Kier alpha value is -2.25. The maximum atomic E-state index is 14.3. The van der Waals surface area contributed by atoms with Gasteiger partial charge in [0.05, 0.1) is 0 Å². The second-order valence-electron chi connectivity index (χ2n) is 6.83. The van der Waals surface area contributed by atoms with Gasteiger partial charge in [0.2, 0.25) is 0 Å². The summed E-state index contributed by atoms with van der Waals surface area (Å²) in [6, 6.07) is 0. The van der Waals surface area contributed by atoms with Crippen LogP contribution in [-0.4, -0.2) is 78.6 Å². The molecule has 0 heterocycles. The smallest absolute Gasteiger partial charge is 0.393 e. The fraction of sp³-hybridized carbons (Fsp3) is 0.923. The molecule has 0 aliphatic carbocycles. The van der Waals surface area contributed by atoms with Gasteiger partial charge in [-0.2, -0.15) is 96.6 Å². The largest absolute Gasteiger partial charge is 0.462 e. The summed E-state index contributed by atoms with van der Waals surface area (Å²) in [5, 5.41) is 0. The third-order valence-corrected chi connectivity index (χ3v) is 4.09. The Bertz CT molecular complexity index is 928. The molecule has 0 aromatic heterocycles. The number of hydrogen-bond donors (Lipinski definition) is 0. The van der Waals surface area contributed by atoms with Crippen molar-refractivity contribution in [2.75, 3.05) is 6.67 Å². The minimum Gasteiger partial charge on any atom is -0.393 e. The lowest BCUT2D eigenvalue weighted by molar-refractivity contribution is -0.482. The molecule has 0 aliphatic heterocycles. The van der Waals surface area contributed by atoms with Crippen molar-refractivity contribution >= 4 is 5.97 Å². The van der Waals surface area contributed by atoms with Crippen LogP contribution < -0.4 is 0 Å². The number of alkyl halides is 24. The van der Waals surface area contributed by atoms with E-state index in [4.69, 9.17) is 0 Å². The van der Waals surface area contributed by atoms with Crippen LogP contribution in [0.4, 0.5) is 105 Å². The number of ether oxygens (including phenoxy) is 2. The molecule has 240 valence electrons. The SMILES string of the molecule is O=C(OC(F)(F)C(F)(C(F)(F)CF)C(F)(F)C(F)(F)C(F)(F)F)C(F)(OC(F)(F)C(F)(F)C(F)(F)F)C(F)(F)F. The molecule has 0 aromatic carbocycles. The minimum atomic E-state index is -8.90. The average Bonchev–Trinajstić information content (AvgIpc) is 2.69. The summed E-state index contributed by atoms with van der Waals surface area (Å²) in [5.41, 5.74) is -8.79. The third kappa shape index (κ3) is 5.36. The second kappa shape index (κ2) is 9.65. The van der Waals surface area contributed by atoms with Gasteiger partial charge in [0, 0.05) is 0 Å². The van der Waals surface area contributed by atoms with Crippen molar-refractivity contribution < 1.29 is 120 Å². The molecule has 0 aliphatic rings. The predicted molar refractivity (Wildman–Crippen MR) is 68.7 cm³/mol. The molecule has 0 N–H and O–H groups in total. The molecule has 3 nitrogen and oxygen atoms in total. The summed E-state index contributed by atoms with van der Waals surface area (Å²) in [6.45, 7) is -4.56. The molecule has 27 heteroatoms. The molecule has 0 bridgehead atoms. The molecule has 2 unspecified atom stereocenters. The molecule has 0 saturated heterocycles. The Morgan fingerprint density at radius 2 is 0.825 bits per heavy atom. The zero-order valence-corrected chi connectivity index (χ0v) is 17.0. The Kier molecular flexibility index (Phi) is 9.11. The zero-order chi connectivity index (χ0) is 33.2. The molecular weight excluding hydrogens is 660 g/mol. The normalized spacial score (nSPS) is 18.7. The van der Waals surface area contributed by atoms with Gasteiger partial charge in [-0.3, -0.25) is 4.74 Å². The van der Waals surface area contributed by atoms with Crippen LogP contribution in [0.1, 0.15) is 0 Å². The summed E-state index contributed by atoms with van der Waals surface area (Å²) in [5.74, 6) is -46.9. The first kappa shape index (κ1) is 37.8. The number of halogens is 24. The molecule has 0 saturated carbocycles. The summed E-state index contributed by atoms with van der Waals surface area (Å²) < 4.78 is 313. The van der Waals surface area contributed by atoms with Gasteiger partial charge < -0.3 is 4.74 Å². The van der Waals surface area contributed by atoms with Gasteiger partial charge in [-0.1, -0.05) is 0 Å². The van der Waals surface area contributed by atoms with Crippen LogP contribution in [0, 0.1) is 0 Å². The van der Waals surface area contributed by atoms with Crippen molar-refractivity contribution in [2.45, 2.75) is 66.0 Å². The third-order valence-electron chi connectivity index (χ3n) is 4.09. The van der Waals surface area contributed by atoms with Crippen molar-refractivity contribution in [1.82, 2.24) is 0 Å². The number of carbonyl (C=O) groups is 1. The van der Waals surface area contributed by atoms with E-state index < -0.39 is 78.6 Å². The summed E-state index contributed by atoms with van der Waals surface area (Å²) >= 11 is 0. The predicted octanol–water partition coefficient (Wildman–Crippen LogP) is 7.30. The van der Waals surface area contributed by atoms with Gasteiger partial charge in [0.15, 0.2) is 6.67 Å². The molecule has 0 amide bonds. The van der Waals surface area contributed by atoms with Gasteiger partial charge in [-0.05, 0) is 0 Å². The lowest BCUT2D eigenvalue weighted by Gasteiger charge is -2.44. The highest BCUT2D eigenvalue weighted by atomic mass is 19.4. The van der Waals surface area contributed by atoms with E-state index in [-0.39, 0.29) is 0 Å². The zero-order valence-electron chi connectivity index (χ0n) is 17.0. The lowest BCUT2D eigenvalue weighted by atomic mass is 9.84. The molecule has 40 heavy (non-hydrogen) atoms. The molecule has 0 spiro atoms. The number of esters is 1. The summed E-state index contributed by atoms with van der Waals surface area (Å²) in [4.78, 5) is 11.1. The van der Waals surface area contributed by atoms with E-state index in [0.29, 0.717) is 0 Å². The van der Waals surface area contributed by atoms with Crippen LogP contribution in [0.3, 0.4) is 0 Å².